The first-order chi connectivity index (χ1) is 11.4. The second-order valence-corrected chi connectivity index (χ2v) is 5.05. The summed E-state index contributed by atoms with van der Waals surface area (Å²) in [6.45, 7) is 0. The van der Waals surface area contributed by atoms with Gasteiger partial charge in [-0.15, -0.1) is 0 Å². The molecule has 4 nitrogen and oxygen atoms in total. The van der Waals surface area contributed by atoms with Gasteiger partial charge in [0.15, 0.2) is 0 Å². The molecule has 0 aliphatic carbocycles. The van der Waals surface area contributed by atoms with Crippen LogP contribution in [0.2, 0.25) is 5.02 Å². The Bertz CT molecular complexity index is 801. The minimum absolute atomic E-state index is 0.0843. The van der Waals surface area contributed by atoms with Gasteiger partial charge in [-0.3, -0.25) is 4.79 Å². The van der Waals surface area contributed by atoms with Gasteiger partial charge in [-0.2, -0.15) is 0 Å². The summed E-state index contributed by atoms with van der Waals surface area (Å²) in [4.78, 5) is 23.4. The summed E-state index contributed by atoms with van der Waals surface area (Å²) in [7, 11) is 1.20. The Morgan fingerprint density at radius 3 is 2.46 bits per heavy atom. The molecule has 2 rings (SSSR count). The molecular formula is C17H12ClF2NO3. The summed E-state index contributed by atoms with van der Waals surface area (Å²) in [6, 6.07) is 7.63. The number of ether oxygens (including phenoxy) is 1. The molecule has 1 amide bonds. The van der Waals surface area contributed by atoms with Crippen molar-refractivity contribution in [3.63, 3.8) is 0 Å². The first kappa shape index (κ1) is 17.6. The monoisotopic (exact) mass is 351 g/mol. The summed E-state index contributed by atoms with van der Waals surface area (Å²) < 4.78 is 31.5. The average molecular weight is 352 g/mol. The van der Waals surface area contributed by atoms with E-state index in [1.165, 1.54) is 31.4 Å². The summed E-state index contributed by atoms with van der Waals surface area (Å²) >= 11 is 5.87. The Balaban J connectivity index is 2.16. The lowest BCUT2D eigenvalue weighted by Gasteiger charge is -2.06. The zero-order valence-corrected chi connectivity index (χ0v) is 13.2. The number of rotatable bonds is 4. The standard InChI is InChI=1S/C17H12ClF2NO3/c1-24-17(23)12-9-10(5-7-13(12)18)21-16(22)8-6-11-14(19)3-2-4-15(11)20/h2-9H,1H3,(H,21,22). The number of hydrogen-bond acceptors (Lipinski definition) is 3. The third-order valence-electron chi connectivity index (χ3n) is 3.04. The molecule has 7 heteroatoms. The highest BCUT2D eigenvalue weighted by Crippen LogP contribution is 2.21. The van der Waals surface area contributed by atoms with Crippen LogP contribution in [0.15, 0.2) is 42.5 Å². The molecule has 0 atom stereocenters. The molecule has 0 bridgehead atoms. The maximum atomic E-state index is 13.5. The van der Waals surface area contributed by atoms with Crippen LogP contribution in [0.4, 0.5) is 14.5 Å². The van der Waals surface area contributed by atoms with Crippen molar-refractivity contribution in [1.82, 2.24) is 0 Å². The van der Waals surface area contributed by atoms with Crippen LogP contribution in [-0.4, -0.2) is 19.0 Å². The lowest BCUT2D eigenvalue weighted by atomic mass is 10.1. The van der Waals surface area contributed by atoms with Crippen molar-refractivity contribution in [2.75, 3.05) is 12.4 Å². The second kappa shape index (κ2) is 7.70. The molecule has 0 radical (unpaired) electrons. The molecule has 0 aromatic heterocycles. The number of hydrogen-bond donors (Lipinski definition) is 1. The van der Waals surface area contributed by atoms with E-state index in [-0.39, 0.29) is 21.8 Å². The van der Waals surface area contributed by atoms with Crippen LogP contribution in [-0.2, 0) is 9.53 Å². The summed E-state index contributed by atoms with van der Waals surface area (Å²) in [5.41, 5.74) is 0.0450. The van der Waals surface area contributed by atoms with Crippen LogP contribution in [0.5, 0.6) is 0 Å². The first-order valence-electron chi connectivity index (χ1n) is 6.73. The number of nitrogens with one attached hydrogen (secondary N) is 1. The molecule has 24 heavy (non-hydrogen) atoms. The van der Waals surface area contributed by atoms with Gasteiger partial charge < -0.3 is 10.1 Å². The van der Waals surface area contributed by atoms with Crippen LogP contribution in [0.1, 0.15) is 15.9 Å². The molecule has 0 fully saturated rings. The van der Waals surface area contributed by atoms with Crippen molar-refractivity contribution in [3.8, 4) is 0 Å². The number of anilines is 1. The molecule has 2 aromatic rings. The largest absolute Gasteiger partial charge is 0.465 e. The van der Waals surface area contributed by atoms with Gasteiger partial charge in [0.25, 0.3) is 0 Å². The van der Waals surface area contributed by atoms with E-state index in [0.29, 0.717) is 0 Å². The molecule has 124 valence electrons. The minimum Gasteiger partial charge on any atom is -0.465 e. The Morgan fingerprint density at radius 1 is 1.17 bits per heavy atom. The zero-order valence-electron chi connectivity index (χ0n) is 12.5. The topological polar surface area (TPSA) is 55.4 Å². The third-order valence-corrected chi connectivity index (χ3v) is 3.37. The number of esters is 1. The van der Waals surface area contributed by atoms with Crippen molar-refractivity contribution >= 4 is 35.2 Å². The van der Waals surface area contributed by atoms with Crippen molar-refractivity contribution in [2.45, 2.75) is 0 Å². The summed E-state index contributed by atoms with van der Waals surface area (Å²) in [5.74, 6) is -2.84. The normalized spacial score (nSPS) is 10.7. The predicted octanol–water partition coefficient (Wildman–Crippen LogP) is 4.06. The molecule has 2 aromatic carbocycles. The molecule has 0 aliphatic heterocycles. The van der Waals surface area contributed by atoms with Gasteiger partial charge in [0.2, 0.25) is 5.91 Å². The van der Waals surface area contributed by atoms with Crippen molar-refractivity contribution < 1.29 is 23.1 Å². The van der Waals surface area contributed by atoms with E-state index in [1.54, 1.807) is 0 Å². The number of amides is 1. The molecule has 0 aliphatic rings. The van der Waals surface area contributed by atoms with Crippen LogP contribution < -0.4 is 5.32 Å². The number of methoxy groups -OCH3 is 1. The lowest BCUT2D eigenvalue weighted by molar-refractivity contribution is -0.111. The fraction of sp³-hybridized carbons (Fsp3) is 0.0588. The maximum absolute atomic E-state index is 13.5. The quantitative estimate of drug-likeness (QED) is 0.667. The summed E-state index contributed by atoms with van der Waals surface area (Å²) in [5, 5.41) is 2.63. The highest BCUT2D eigenvalue weighted by Gasteiger charge is 2.12. The van der Waals surface area contributed by atoms with Crippen molar-refractivity contribution in [2.24, 2.45) is 0 Å². The molecule has 1 N–H and O–H groups in total. The molecule has 0 saturated carbocycles. The number of carbonyl (C=O) groups excluding carboxylic acids is 2. The van der Waals surface area contributed by atoms with Crippen LogP contribution in [0.3, 0.4) is 0 Å². The molecule has 0 saturated heterocycles. The fourth-order valence-electron chi connectivity index (χ4n) is 1.88. The second-order valence-electron chi connectivity index (χ2n) is 4.64. The highest BCUT2D eigenvalue weighted by molar-refractivity contribution is 6.33. The fourth-order valence-corrected chi connectivity index (χ4v) is 2.08. The zero-order chi connectivity index (χ0) is 17.7. The number of carbonyl (C=O) groups is 2. The third kappa shape index (κ3) is 4.17. The Kier molecular flexibility index (Phi) is 5.65. The van der Waals surface area contributed by atoms with Crippen LogP contribution in [0.25, 0.3) is 6.08 Å². The predicted molar refractivity (Wildman–Crippen MR) is 86.8 cm³/mol. The van der Waals surface area contributed by atoms with Gasteiger partial charge in [-0.25, -0.2) is 13.6 Å². The van der Waals surface area contributed by atoms with E-state index in [2.05, 4.69) is 10.1 Å². The maximum Gasteiger partial charge on any atom is 0.339 e. The highest BCUT2D eigenvalue weighted by atomic mass is 35.5. The van der Waals surface area contributed by atoms with E-state index in [9.17, 15) is 18.4 Å². The van der Waals surface area contributed by atoms with E-state index in [0.717, 1.165) is 24.3 Å². The molecule has 0 spiro atoms. The molecule has 0 heterocycles. The Morgan fingerprint density at radius 2 is 1.83 bits per heavy atom. The van der Waals surface area contributed by atoms with Gasteiger partial charge in [0.1, 0.15) is 11.6 Å². The smallest absolute Gasteiger partial charge is 0.339 e. The van der Waals surface area contributed by atoms with Crippen molar-refractivity contribution in [3.05, 3.63) is 70.3 Å². The lowest BCUT2D eigenvalue weighted by Crippen LogP contribution is -2.09. The first-order valence-corrected chi connectivity index (χ1v) is 7.11. The van der Waals surface area contributed by atoms with E-state index >= 15 is 0 Å². The molecule has 0 unspecified atom stereocenters. The Hall–Kier alpha value is -2.73. The van der Waals surface area contributed by atoms with Crippen LogP contribution >= 0.6 is 11.6 Å². The van der Waals surface area contributed by atoms with E-state index in [4.69, 9.17) is 11.6 Å². The van der Waals surface area contributed by atoms with E-state index in [1.807, 2.05) is 0 Å². The Labute approximate surface area is 141 Å². The van der Waals surface area contributed by atoms with Gasteiger partial charge in [0.05, 0.1) is 17.7 Å². The van der Waals surface area contributed by atoms with Gasteiger partial charge >= 0.3 is 5.97 Å². The average Bonchev–Trinajstić information content (AvgIpc) is 2.55. The number of benzene rings is 2. The van der Waals surface area contributed by atoms with Gasteiger partial charge in [0, 0.05) is 17.3 Å². The molecular weight excluding hydrogens is 340 g/mol. The SMILES string of the molecule is COC(=O)c1cc(NC(=O)C=Cc2c(F)cccc2F)ccc1Cl. The number of halogens is 3. The summed E-state index contributed by atoms with van der Waals surface area (Å²) in [6.07, 6.45) is 2.01. The van der Waals surface area contributed by atoms with Crippen LogP contribution in [0, 0.1) is 11.6 Å². The van der Waals surface area contributed by atoms with E-state index < -0.39 is 23.5 Å². The minimum atomic E-state index is -0.779. The van der Waals surface area contributed by atoms with Gasteiger partial charge in [-0.05, 0) is 36.4 Å². The van der Waals surface area contributed by atoms with Crippen molar-refractivity contribution in [1.29, 1.82) is 0 Å². The van der Waals surface area contributed by atoms with Gasteiger partial charge in [-0.1, -0.05) is 17.7 Å².